The van der Waals surface area contributed by atoms with Gasteiger partial charge in [0.05, 0.1) is 11.1 Å². The lowest BCUT2D eigenvalue weighted by molar-refractivity contribution is -0.0420. The highest BCUT2D eigenvalue weighted by Crippen LogP contribution is 2.52. The van der Waals surface area contributed by atoms with Crippen molar-refractivity contribution in [3.05, 3.63) is 75.7 Å². The van der Waals surface area contributed by atoms with Crippen LogP contribution in [-0.2, 0) is 23.9 Å². The third kappa shape index (κ3) is 4.17. The van der Waals surface area contributed by atoms with Gasteiger partial charge in [0.1, 0.15) is 0 Å². The third-order valence-corrected chi connectivity index (χ3v) is 9.65. The summed E-state index contributed by atoms with van der Waals surface area (Å²) >= 11 is 0. The Balaban J connectivity index is 1.39. The maximum Gasteiger partial charge on any atom is 0.271 e. The highest BCUT2D eigenvalue weighted by atomic mass is 16.1. The molecule has 2 bridgehead atoms. The molecule has 1 N–H and O–H groups in total. The molecule has 0 unspecified atom stereocenters. The molecular weight excluding hydrogens is 484 g/mol. The minimum atomic E-state index is -0.0748. The summed E-state index contributed by atoms with van der Waals surface area (Å²) in [4.78, 5) is 14.2. The van der Waals surface area contributed by atoms with Gasteiger partial charge in [-0.2, -0.15) is 0 Å². The fourth-order valence-electron chi connectivity index (χ4n) is 7.21. The summed E-state index contributed by atoms with van der Waals surface area (Å²) in [6.45, 7) is 9.26. The number of nitrogens with zero attached hydrogens (tertiary/aromatic N) is 5. The number of benzene rings is 2. The smallest absolute Gasteiger partial charge is 0.271 e. The van der Waals surface area contributed by atoms with Crippen LogP contribution in [0.4, 0.5) is 0 Å². The average Bonchev–Trinajstić information content (AvgIpc) is 3.58. The van der Waals surface area contributed by atoms with Crippen molar-refractivity contribution < 1.29 is 0 Å². The number of nitrogens with one attached hydrogen (secondary N) is 1. The molecule has 7 heteroatoms. The highest BCUT2D eigenvalue weighted by molar-refractivity contribution is 5.80. The molecule has 204 valence electrons. The molecular formula is C32H40N6O. The second kappa shape index (κ2) is 9.92. The predicted octanol–water partition coefficient (Wildman–Crippen LogP) is 6.47. The van der Waals surface area contributed by atoms with Crippen LogP contribution >= 0.6 is 0 Å². The van der Waals surface area contributed by atoms with Crippen LogP contribution in [0.5, 0.6) is 0 Å². The first-order chi connectivity index (χ1) is 18.9. The number of unbranched alkanes of at least 4 members (excludes halogenated alkanes) is 2. The molecule has 1 aliphatic carbocycles. The summed E-state index contributed by atoms with van der Waals surface area (Å²) in [5.74, 6) is 1.15. The summed E-state index contributed by atoms with van der Waals surface area (Å²) in [6.07, 6.45) is 9.69. The Labute approximate surface area is 230 Å². The van der Waals surface area contributed by atoms with E-state index < -0.39 is 0 Å². The molecule has 4 heterocycles. The van der Waals surface area contributed by atoms with Gasteiger partial charge in [0.25, 0.3) is 5.56 Å². The number of hydrogen-bond donors (Lipinski definition) is 1. The van der Waals surface area contributed by atoms with Crippen LogP contribution in [0.15, 0.2) is 53.3 Å². The van der Waals surface area contributed by atoms with Gasteiger partial charge in [-0.3, -0.25) is 9.48 Å². The number of hydrogen-bond acceptors (Lipinski definition) is 4. The van der Waals surface area contributed by atoms with E-state index in [9.17, 15) is 4.79 Å². The van der Waals surface area contributed by atoms with E-state index in [0.29, 0.717) is 18.2 Å². The van der Waals surface area contributed by atoms with Crippen LogP contribution in [0.1, 0.15) is 89.5 Å². The molecule has 2 aliphatic heterocycles. The fourth-order valence-corrected chi connectivity index (χ4v) is 7.21. The normalized spacial score (nSPS) is 22.0. The highest BCUT2D eigenvalue weighted by Gasteiger charge is 2.53. The van der Waals surface area contributed by atoms with Crippen molar-refractivity contribution in [1.29, 1.82) is 0 Å². The van der Waals surface area contributed by atoms with E-state index >= 15 is 0 Å². The summed E-state index contributed by atoms with van der Waals surface area (Å²) in [5.41, 5.74) is 6.83. The molecule has 0 amide bonds. The molecule has 2 aromatic heterocycles. The van der Waals surface area contributed by atoms with Crippen molar-refractivity contribution in [3.63, 3.8) is 0 Å². The van der Waals surface area contributed by atoms with E-state index in [-0.39, 0.29) is 16.6 Å². The number of fused-ring (bicyclic) bond motifs is 2. The quantitative estimate of drug-likeness (QED) is 0.254. The minimum absolute atomic E-state index is 0.0554. The summed E-state index contributed by atoms with van der Waals surface area (Å²) in [6, 6.07) is 16.8. The van der Waals surface area contributed by atoms with Crippen molar-refractivity contribution >= 4 is 0 Å². The molecule has 7 nitrogen and oxygen atoms in total. The number of aromatic amines is 1. The lowest BCUT2D eigenvalue weighted by atomic mass is 9.66. The maximum atomic E-state index is 14.2. The molecule has 4 aromatic rings. The van der Waals surface area contributed by atoms with Crippen LogP contribution < -0.4 is 5.56 Å². The Kier molecular flexibility index (Phi) is 6.56. The first-order valence-electron chi connectivity index (χ1n) is 14.7. The lowest BCUT2D eigenvalue weighted by Crippen LogP contribution is -2.60. The number of H-pyrrole nitrogens is 1. The Bertz CT molecular complexity index is 1500. The maximum absolute atomic E-state index is 14.2. The predicted molar refractivity (Wildman–Crippen MR) is 155 cm³/mol. The molecule has 39 heavy (non-hydrogen) atoms. The first kappa shape index (κ1) is 25.8. The molecule has 3 aliphatic rings. The zero-order valence-electron chi connectivity index (χ0n) is 23.7. The molecule has 7 rings (SSSR count). The second-order valence-corrected chi connectivity index (χ2v) is 12.2. The topological polar surface area (TPSA) is 81.4 Å². The van der Waals surface area contributed by atoms with E-state index in [1.54, 1.807) is 0 Å². The monoisotopic (exact) mass is 524 g/mol. The van der Waals surface area contributed by atoms with Crippen molar-refractivity contribution in [2.24, 2.45) is 5.92 Å². The molecule has 2 aromatic carbocycles. The van der Waals surface area contributed by atoms with E-state index in [4.69, 9.17) is 0 Å². The number of rotatable bonds is 9. The van der Waals surface area contributed by atoms with Gasteiger partial charge < -0.3 is 0 Å². The molecule has 0 radical (unpaired) electrons. The minimum Gasteiger partial charge on any atom is -0.279 e. The van der Waals surface area contributed by atoms with Crippen LogP contribution in [-0.4, -0.2) is 30.0 Å². The van der Waals surface area contributed by atoms with Gasteiger partial charge in [0.15, 0.2) is 5.82 Å². The summed E-state index contributed by atoms with van der Waals surface area (Å²) in [7, 11) is 0. The first-order valence-corrected chi connectivity index (χ1v) is 14.7. The van der Waals surface area contributed by atoms with E-state index in [2.05, 4.69) is 88.0 Å². The van der Waals surface area contributed by atoms with Gasteiger partial charge in [-0.25, -0.2) is 9.78 Å². The lowest BCUT2D eigenvalue weighted by Gasteiger charge is -2.56. The van der Waals surface area contributed by atoms with Crippen LogP contribution in [0.3, 0.4) is 0 Å². The largest absolute Gasteiger partial charge is 0.279 e. The summed E-state index contributed by atoms with van der Waals surface area (Å²) in [5, 5.41) is 14.5. The zero-order valence-corrected chi connectivity index (χ0v) is 23.7. The number of tetrazole rings is 1. The Morgan fingerprint density at radius 1 is 0.949 bits per heavy atom. The van der Waals surface area contributed by atoms with Crippen LogP contribution in [0.2, 0.25) is 0 Å². The molecule has 1 fully saturated rings. The average molecular weight is 525 g/mol. The Morgan fingerprint density at radius 2 is 1.67 bits per heavy atom. The zero-order chi connectivity index (χ0) is 27.2. The molecule has 0 atom stereocenters. The van der Waals surface area contributed by atoms with E-state index in [0.717, 1.165) is 47.9 Å². The third-order valence-electron chi connectivity index (χ3n) is 9.65. The van der Waals surface area contributed by atoms with Gasteiger partial charge in [-0.1, -0.05) is 82.1 Å². The second-order valence-electron chi connectivity index (χ2n) is 12.2. The van der Waals surface area contributed by atoms with Crippen molar-refractivity contribution in [2.75, 3.05) is 0 Å². The number of aromatic nitrogens is 6. The van der Waals surface area contributed by atoms with Gasteiger partial charge in [-0.05, 0) is 78.5 Å². The van der Waals surface area contributed by atoms with Gasteiger partial charge in [-0.15, -0.1) is 5.10 Å². The van der Waals surface area contributed by atoms with Gasteiger partial charge in [0.2, 0.25) is 0 Å². The van der Waals surface area contributed by atoms with E-state index in [1.165, 1.54) is 36.9 Å². The van der Waals surface area contributed by atoms with Crippen molar-refractivity contribution in [2.45, 2.75) is 96.6 Å². The van der Waals surface area contributed by atoms with Gasteiger partial charge >= 0.3 is 0 Å². The van der Waals surface area contributed by atoms with Crippen molar-refractivity contribution in [3.8, 4) is 22.5 Å². The fraction of sp³-hybridized carbons (Fsp3) is 0.500. The molecule has 0 saturated heterocycles. The van der Waals surface area contributed by atoms with Crippen LogP contribution in [0, 0.1) is 5.92 Å². The Morgan fingerprint density at radius 3 is 2.31 bits per heavy atom. The Hall–Kier alpha value is -3.48. The van der Waals surface area contributed by atoms with E-state index in [1.807, 2.05) is 18.2 Å². The SMILES string of the molecule is CCCCCc1c(Cc2ccc(-c3ccccc3-c3nnn[nH]3)cc2)c(=O)n2n1C1(C(C)C)CCC2(C)CC1. The van der Waals surface area contributed by atoms with Gasteiger partial charge in [0, 0.05) is 23.2 Å². The molecule has 1 saturated carbocycles. The van der Waals surface area contributed by atoms with Crippen molar-refractivity contribution in [1.82, 2.24) is 30.0 Å². The van der Waals surface area contributed by atoms with Crippen LogP contribution in [0.25, 0.3) is 22.5 Å². The molecule has 0 spiro atoms. The standard InChI is InChI=1S/C32H40N6O/c1-5-6-7-12-28-27(30(39)38-31(4)17-19-32(20-18-31,22(2)3)37(28)38)21-23-13-15-24(16-14-23)25-10-8-9-11-26(25)29-33-35-36-34-29/h8-11,13-16,22H,5-7,12,17-21H2,1-4H3,(H,33,34,35,36). The summed E-state index contributed by atoms with van der Waals surface area (Å²) < 4.78 is 4.72.